The fourth-order valence-corrected chi connectivity index (χ4v) is 13.6. The lowest BCUT2D eigenvalue weighted by Crippen LogP contribution is -2.27. The van der Waals surface area contributed by atoms with Crippen LogP contribution in [0.4, 0.5) is 68.2 Å². The second-order valence-corrected chi connectivity index (χ2v) is 23.0. The largest absolute Gasteiger partial charge is 0.497 e. The minimum absolute atomic E-state index is 0.743. The normalized spacial score (nSPS) is 12.1. The Balaban J connectivity index is 1.12. The quantitative estimate of drug-likeness (QED) is 0.0949. The lowest BCUT2D eigenvalue weighted by atomic mass is 9.70. The fraction of sp³-hybridized carbons (Fsp3) is 0.111. The summed E-state index contributed by atoms with van der Waals surface area (Å²) in [5.41, 5.74) is 25.0. The Morgan fingerprint density at radius 2 is 0.506 bits per heavy atom. The van der Waals surface area contributed by atoms with E-state index in [1.54, 1.807) is 28.4 Å². The van der Waals surface area contributed by atoms with Gasteiger partial charge in [0.2, 0.25) is 0 Å². The molecule has 0 saturated heterocycles. The first-order valence-corrected chi connectivity index (χ1v) is 30.2. The maximum absolute atomic E-state index is 6.23. The third kappa shape index (κ3) is 9.56. The number of ether oxygens (including phenoxy) is 4. The van der Waals surface area contributed by atoms with Crippen LogP contribution in [0.25, 0.3) is 22.3 Å². The molecule has 0 bridgehead atoms. The van der Waals surface area contributed by atoms with Crippen molar-refractivity contribution < 1.29 is 18.9 Å². The highest BCUT2D eigenvalue weighted by molar-refractivity contribution is 6.00. The molecule has 8 heteroatoms. The summed E-state index contributed by atoms with van der Waals surface area (Å²) >= 11 is 0. The average molecular weight is 1160 g/mol. The zero-order chi connectivity index (χ0) is 60.9. The highest BCUT2D eigenvalue weighted by Gasteiger charge is 2.53. The summed E-state index contributed by atoms with van der Waals surface area (Å²) in [5, 5.41) is 0. The van der Waals surface area contributed by atoms with Crippen LogP contribution in [0.5, 0.6) is 23.0 Å². The van der Waals surface area contributed by atoms with Gasteiger partial charge in [-0.15, -0.1) is 0 Å². The monoisotopic (exact) mass is 1160 g/mol. The maximum Gasteiger partial charge on any atom is 0.142 e. The third-order valence-corrected chi connectivity index (χ3v) is 17.9. The summed E-state index contributed by atoms with van der Waals surface area (Å²) in [6, 6.07) is 96.8. The van der Waals surface area contributed by atoms with Gasteiger partial charge in [0.1, 0.15) is 23.0 Å². The first-order valence-electron chi connectivity index (χ1n) is 30.2. The number of fused-ring (bicyclic) bond motifs is 10. The molecule has 1 spiro atoms. The molecule has 0 unspecified atom stereocenters. The van der Waals surface area contributed by atoms with Crippen molar-refractivity contribution in [2.24, 2.45) is 0 Å². The van der Waals surface area contributed by atoms with E-state index in [1.165, 1.54) is 33.4 Å². The zero-order valence-corrected chi connectivity index (χ0v) is 51.3. The van der Waals surface area contributed by atoms with Crippen molar-refractivity contribution in [1.29, 1.82) is 0 Å². The summed E-state index contributed by atoms with van der Waals surface area (Å²) in [6.07, 6.45) is 0. The molecular weight excluding hydrogens is 1090 g/mol. The molecule has 12 aromatic rings. The lowest BCUT2D eigenvalue weighted by Gasteiger charge is -2.35. The Morgan fingerprint density at radius 1 is 0.247 bits per heavy atom. The minimum atomic E-state index is -0.957. The van der Waals surface area contributed by atoms with E-state index >= 15 is 0 Å². The summed E-state index contributed by atoms with van der Waals surface area (Å²) in [6.45, 7) is 8.71. The second-order valence-electron chi connectivity index (χ2n) is 23.0. The van der Waals surface area contributed by atoms with Crippen molar-refractivity contribution >= 4 is 68.2 Å². The van der Waals surface area contributed by atoms with Crippen LogP contribution in [0.15, 0.2) is 267 Å². The predicted octanol–water partition coefficient (Wildman–Crippen LogP) is 21.2. The second kappa shape index (κ2) is 23.0. The number of hydrogen-bond acceptors (Lipinski definition) is 8. The highest BCUT2D eigenvalue weighted by atomic mass is 16.5. The molecular formula is C81H68N4O4. The van der Waals surface area contributed by atoms with Crippen molar-refractivity contribution in [3.63, 3.8) is 0 Å². The lowest BCUT2D eigenvalue weighted by molar-refractivity contribution is 0.414. The number of anilines is 12. The van der Waals surface area contributed by atoms with Gasteiger partial charge >= 0.3 is 0 Å². The van der Waals surface area contributed by atoms with Gasteiger partial charge in [0, 0.05) is 56.9 Å². The number of benzene rings is 12. The van der Waals surface area contributed by atoms with Gasteiger partial charge in [0.05, 0.1) is 45.2 Å². The van der Waals surface area contributed by atoms with Gasteiger partial charge in [0.25, 0.3) is 0 Å². The number of hydrogen-bond donors (Lipinski definition) is 0. The van der Waals surface area contributed by atoms with Gasteiger partial charge in [0.15, 0.2) is 0 Å². The molecule has 89 heavy (non-hydrogen) atoms. The maximum atomic E-state index is 6.23. The smallest absolute Gasteiger partial charge is 0.142 e. The minimum Gasteiger partial charge on any atom is -0.497 e. The fourth-order valence-electron chi connectivity index (χ4n) is 13.6. The molecule has 2 aliphatic carbocycles. The molecule has 0 atom stereocenters. The molecule has 8 nitrogen and oxygen atoms in total. The Labute approximate surface area is 522 Å². The average Bonchev–Trinajstić information content (AvgIpc) is 1.51. The van der Waals surface area contributed by atoms with Crippen molar-refractivity contribution in [1.82, 2.24) is 0 Å². The summed E-state index contributed by atoms with van der Waals surface area (Å²) in [4.78, 5) is 9.48. The van der Waals surface area contributed by atoms with Crippen LogP contribution in [-0.4, -0.2) is 28.4 Å². The molecule has 2 aliphatic rings. The first-order chi connectivity index (χ1) is 43.6. The van der Waals surface area contributed by atoms with E-state index in [-0.39, 0.29) is 0 Å². The molecule has 0 saturated carbocycles. The van der Waals surface area contributed by atoms with Crippen LogP contribution < -0.4 is 38.5 Å². The molecule has 0 amide bonds. The molecule has 0 heterocycles. The van der Waals surface area contributed by atoms with Gasteiger partial charge in [-0.1, -0.05) is 120 Å². The molecule has 0 aromatic heterocycles. The number of nitrogens with zero attached hydrogens (tertiary/aromatic N) is 4. The Hall–Kier alpha value is -11.0. The number of aryl methyl sites for hydroxylation is 4. The van der Waals surface area contributed by atoms with Crippen LogP contribution in [0.3, 0.4) is 0 Å². The first kappa shape index (κ1) is 55.9. The molecule has 0 fully saturated rings. The van der Waals surface area contributed by atoms with Crippen LogP contribution in [0, 0.1) is 27.7 Å². The van der Waals surface area contributed by atoms with Gasteiger partial charge < -0.3 is 38.5 Å². The third-order valence-electron chi connectivity index (χ3n) is 17.9. The van der Waals surface area contributed by atoms with E-state index in [0.29, 0.717) is 0 Å². The van der Waals surface area contributed by atoms with E-state index in [1.807, 2.05) is 48.5 Å². The molecule has 436 valence electrons. The van der Waals surface area contributed by atoms with Crippen LogP contribution in [0.1, 0.15) is 44.5 Å². The number of methoxy groups -OCH3 is 4. The van der Waals surface area contributed by atoms with E-state index in [9.17, 15) is 0 Å². The zero-order valence-electron chi connectivity index (χ0n) is 51.3. The van der Waals surface area contributed by atoms with E-state index in [0.717, 1.165) is 125 Å². The summed E-state index contributed by atoms with van der Waals surface area (Å²) in [5.74, 6) is 3.02. The number of rotatable bonds is 16. The molecule has 0 N–H and O–H groups in total. The Bertz CT molecular complexity index is 4320. The highest BCUT2D eigenvalue weighted by Crippen LogP contribution is 2.66. The van der Waals surface area contributed by atoms with E-state index in [2.05, 4.69) is 266 Å². The topological polar surface area (TPSA) is 49.9 Å². The van der Waals surface area contributed by atoms with Gasteiger partial charge in [-0.05, 0) is 241 Å². The van der Waals surface area contributed by atoms with Crippen molar-refractivity contribution in [3.05, 3.63) is 311 Å². The van der Waals surface area contributed by atoms with Gasteiger partial charge in [-0.25, -0.2) is 0 Å². The van der Waals surface area contributed by atoms with Crippen LogP contribution in [0.2, 0.25) is 0 Å². The standard InChI is InChI=1S/C81H68N4O4/c1-53-25-29-57(30-26-53)82(75-19-11-9-17-55(75)3)61-37-45-67-69-47-39-63(84(59-33-41-65(86-5)42-34-59)77-21-13-15-23-79(77)88-7)51-73(69)81(71(67)49-61)72-50-62(83(58-31-27-54(2)28-32-58)76-20-12-10-18-56(76)4)38-46-68(72)70-48-40-64(52-74(70)81)85(60-35-43-66(87-6)44-36-60)78-22-14-16-24-80(78)89-8/h9-52H,1-8H3. The molecule has 12 aromatic carbocycles. The van der Waals surface area contributed by atoms with Crippen molar-refractivity contribution in [3.8, 4) is 45.3 Å². The predicted molar refractivity (Wildman–Crippen MR) is 367 cm³/mol. The summed E-state index contributed by atoms with van der Waals surface area (Å²) in [7, 11) is 6.90. The SMILES string of the molecule is COc1ccc(N(c2ccc3c(c2)C2(c4cc(N(c5ccc(C)cc5)c5ccccc5C)ccc4-3)c3cc(N(c4ccc(C)cc4)c4ccccc4C)ccc3-c3ccc(N(c4ccc(OC)cc4)c4ccccc4OC)cc32)c2ccccc2OC)cc1. The van der Waals surface area contributed by atoms with Gasteiger partial charge in [-0.2, -0.15) is 0 Å². The van der Waals surface area contributed by atoms with E-state index < -0.39 is 5.41 Å². The van der Waals surface area contributed by atoms with Gasteiger partial charge in [-0.3, -0.25) is 0 Å². The Kier molecular flexibility index (Phi) is 14.5. The van der Waals surface area contributed by atoms with Crippen molar-refractivity contribution in [2.45, 2.75) is 33.1 Å². The molecule has 0 radical (unpaired) electrons. The van der Waals surface area contributed by atoms with E-state index in [4.69, 9.17) is 18.9 Å². The summed E-state index contributed by atoms with van der Waals surface area (Å²) < 4.78 is 24.0. The van der Waals surface area contributed by atoms with Crippen LogP contribution >= 0.6 is 0 Å². The molecule has 14 rings (SSSR count). The number of para-hydroxylation sites is 6. The Morgan fingerprint density at radius 3 is 0.798 bits per heavy atom. The molecule has 0 aliphatic heterocycles. The van der Waals surface area contributed by atoms with Crippen molar-refractivity contribution in [2.75, 3.05) is 48.0 Å². The van der Waals surface area contributed by atoms with Crippen LogP contribution in [-0.2, 0) is 5.41 Å².